The van der Waals surface area contributed by atoms with Gasteiger partial charge >= 0.3 is 18.2 Å². The standard InChI is InChI=1S/C29H34ClFN4O6/c1-17-19(25(36)39-8)12-15-34-21(20(33-24(17)34)10-9-18-11-14-32-23(30)22(18)31)13-16-35(26(37)40-28(2,3)4)27(38)41-29(5,6)7/h9-12,14-15H,13,16H2,1-8H3/b10-9+. The summed E-state index contributed by atoms with van der Waals surface area (Å²) in [6.07, 6.45) is 4.48. The number of hydrogen-bond acceptors (Lipinski definition) is 8. The molecule has 0 bridgehead atoms. The molecule has 220 valence electrons. The van der Waals surface area contributed by atoms with E-state index in [2.05, 4.69) is 9.97 Å². The SMILES string of the molecule is COC(=O)c1ccn2c(CCN(C(=O)OC(C)(C)C)C(=O)OC(C)(C)C)c(/C=C/c3ccnc(Cl)c3F)nc2c1C. The number of nitrogens with zero attached hydrogens (tertiary/aromatic N) is 4. The molecule has 0 saturated heterocycles. The van der Waals surface area contributed by atoms with Crippen molar-refractivity contribution in [2.75, 3.05) is 13.7 Å². The number of halogens is 2. The topological polar surface area (TPSA) is 112 Å². The smallest absolute Gasteiger partial charge is 0.419 e. The number of fused-ring (bicyclic) bond motifs is 1. The number of imidazole rings is 1. The van der Waals surface area contributed by atoms with Gasteiger partial charge in [0.05, 0.1) is 24.1 Å². The average Bonchev–Trinajstić information content (AvgIpc) is 3.21. The first kappa shape index (κ1) is 31.5. The highest BCUT2D eigenvalue weighted by molar-refractivity contribution is 6.29. The number of methoxy groups -OCH3 is 1. The van der Waals surface area contributed by atoms with Crippen LogP contribution in [0.5, 0.6) is 0 Å². The van der Waals surface area contributed by atoms with Crippen LogP contribution < -0.4 is 0 Å². The number of aryl methyl sites for hydroxylation is 1. The fourth-order valence-electron chi connectivity index (χ4n) is 3.85. The van der Waals surface area contributed by atoms with Gasteiger partial charge in [0.1, 0.15) is 16.8 Å². The first-order valence-corrected chi connectivity index (χ1v) is 13.2. The van der Waals surface area contributed by atoms with E-state index in [1.165, 1.54) is 25.4 Å². The Balaban J connectivity index is 2.09. The summed E-state index contributed by atoms with van der Waals surface area (Å²) in [5, 5.41) is -0.272. The zero-order chi connectivity index (χ0) is 30.7. The molecular formula is C29H34ClFN4O6. The van der Waals surface area contributed by atoms with Crippen LogP contribution in [0.1, 0.15) is 74.4 Å². The van der Waals surface area contributed by atoms with Gasteiger partial charge in [0.15, 0.2) is 11.0 Å². The lowest BCUT2D eigenvalue weighted by Crippen LogP contribution is -2.44. The second-order valence-corrected chi connectivity index (χ2v) is 11.5. The van der Waals surface area contributed by atoms with Crippen molar-refractivity contribution in [1.82, 2.24) is 19.3 Å². The predicted molar refractivity (Wildman–Crippen MR) is 152 cm³/mol. The highest BCUT2D eigenvalue weighted by atomic mass is 35.5. The van der Waals surface area contributed by atoms with Gasteiger partial charge in [-0.25, -0.2) is 33.6 Å². The van der Waals surface area contributed by atoms with Crippen LogP contribution in [0.25, 0.3) is 17.8 Å². The second-order valence-electron chi connectivity index (χ2n) is 11.2. The van der Waals surface area contributed by atoms with E-state index in [1.54, 1.807) is 71.2 Å². The Hall–Kier alpha value is -3.99. The van der Waals surface area contributed by atoms with Crippen LogP contribution in [0.3, 0.4) is 0 Å². The van der Waals surface area contributed by atoms with Crippen LogP contribution in [0.4, 0.5) is 14.0 Å². The van der Waals surface area contributed by atoms with E-state index in [0.717, 1.165) is 4.90 Å². The van der Waals surface area contributed by atoms with Crippen molar-refractivity contribution in [2.45, 2.75) is 66.1 Å². The summed E-state index contributed by atoms with van der Waals surface area (Å²) in [5.74, 6) is -1.22. The molecule has 0 N–H and O–H groups in total. The number of carbonyl (C=O) groups is 3. The molecule has 0 atom stereocenters. The van der Waals surface area contributed by atoms with E-state index in [1.807, 2.05) is 0 Å². The molecule has 0 fully saturated rings. The minimum Gasteiger partial charge on any atom is -0.465 e. The van der Waals surface area contributed by atoms with Crippen molar-refractivity contribution in [1.29, 1.82) is 0 Å². The summed E-state index contributed by atoms with van der Waals surface area (Å²) in [5.41, 5.74) is 0.778. The van der Waals surface area contributed by atoms with Gasteiger partial charge in [-0.3, -0.25) is 0 Å². The molecule has 3 rings (SSSR count). The fourth-order valence-corrected chi connectivity index (χ4v) is 4.02. The lowest BCUT2D eigenvalue weighted by atomic mass is 10.1. The Morgan fingerprint density at radius 1 is 1.05 bits per heavy atom. The molecule has 12 heteroatoms. The predicted octanol–water partition coefficient (Wildman–Crippen LogP) is 6.50. The van der Waals surface area contributed by atoms with E-state index in [4.69, 9.17) is 25.8 Å². The fraction of sp³-hybridized carbons (Fsp3) is 0.414. The molecule has 0 aliphatic heterocycles. The Morgan fingerprint density at radius 3 is 2.22 bits per heavy atom. The molecular weight excluding hydrogens is 555 g/mol. The molecule has 2 amide bonds. The summed E-state index contributed by atoms with van der Waals surface area (Å²) in [4.78, 5) is 47.7. The summed E-state index contributed by atoms with van der Waals surface area (Å²) >= 11 is 5.83. The van der Waals surface area contributed by atoms with Crippen LogP contribution in [0, 0.1) is 12.7 Å². The van der Waals surface area contributed by atoms with Gasteiger partial charge in [0.2, 0.25) is 0 Å². The minimum atomic E-state index is -0.865. The molecule has 0 aromatic carbocycles. The maximum absolute atomic E-state index is 14.5. The summed E-state index contributed by atoms with van der Waals surface area (Å²) < 4.78 is 32.1. The Morgan fingerprint density at radius 2 is 1.66 bits per heavy atom. The van der Waals surface area contributed by atoms with E-state index < -0.39 is 35.2 Å². The molecule has 0 radical (unpaired) electrons. The van der Waals surface area contributed by atoms with Crippen molar-refractivity contribution in [2.24, 2.45) is 0 Å². The normalized spacial score (nSPS) is 12.0. The van der Waals surface area contributed by atoms with Crippen LogP contribution in [0.15, 0.2) is 24.5 Å². The third-order valence-corrected chi connectivity index (χ3v) is 5.94. The molecule has 0 aliphatic rings. The van der Waals surface area contributed by atoms with E-state index in [-0.39, 0.29) is 23.7 Å². The number of aromatic nitrogens is 3. The van der Waals surface area contributed by atoms with Crippen LogP contribution in [0.2, 0.25) is 5.15 Å². The van der Waals surface area contributed by atoms with Gasteiger partial charge in [0, 0.05) is 36.5 Å². The lowest BCUT2D eigenvalue weighted by molar-refractivity contribution is 0.00162. The molecule has 10 nitrogen and oxygen atoms in total. The number of imide groups is 1. The second kappa shape index (κ2) is 12.3. The minimum absolute atomic E-state index is 0.119. The maximum Gasteiger partial charge on any atom is 0.419 e. The Kier molecular flexibility index (Phi) is 9.43. The zero-order valence-corrected chi connectivity index (χ0v) is 25.1. The molecule has 41 heavy (non-hydrogen) atoms. The number of amides is 2. The van der Waals surface area contributed by atoms with Crippen LogP contribution in [-0.4, -0.2) is 62.3 Å². The molecule has 0 unspecified atom stereocenters. The molecule has 0 spiro atoms. The first-order chi connectivity index (χ1) is 19.0. The van der Waals surface area contributed by atoms with Gasteiger partial charge < -0.3 is 18.6 Å². The number of hydrogen-bond donors (Lipinski definition) is 0. The molecule has 3 aromatic heterocycles. The van der Waals surface area contributed by atoms with E-state index in [0.29, 0.717) is 28.2 Å². The van der Waals surface area contributed by atoms with Crippen LogP contribution in [-0.2, 0) is 20.6 Å². The Labute approximate surface area is 243 Å². The first-order valence-electron chi connectivity index (χ1n) is 12.8. The highest BCUT2D eigenvalue weighted by Crippen LogP contribution is 2.24. The van der Waals surface area contributed by atoms with Gasteiger partial charge in [0.25, 0.3) is 0 Å². The molecule has 3 heterocycles. The van der Waals surface area contributed by atoms with E-state index >= 15 is 0 Å². The largest absolute Gasteiger partial charge is 0.465 e. The van der Waals surface area contributed by atoms with Gasteiger partial charge in [-0.05, 0) is 72.8 Å². The van der Waals surface area contributed by atoms with Gasteiger partial charge in [-0.15, -0.1) is 0 Å². The number of rotatable bonds is 6. The average molecular weight is 589 g/mol. The zero-order valence-electron chi connectivity index (χ0n) is 24.4. The van der Waals surface area contributed by atoms with Gasteiger partial charge in [-0.1, -0.05) is 11.6 Å². The maximum atomic E-state index is 14.5. The molecule has 0 saturated carbocycles. The third kappa shape index (κ3) is 7.81. The lowest BCUT2D eigenvalue weighted by Gasteiger charge is -2.28. The number of esters is 1. The summed E-state index contributed by atoms with van der Waals surface area (Å²) in [6, 6.07) is 3.05. The van der Waals surface area contributed by atoms with Crippen LogP contribution >= 0.6 is 11.6 Å². The quantitative estimate of drug-likeness (QED) is 0.182. The summed E-state index contributed by atoms with van der Waals surface area (Å²) in [7, 11) is 1.29. The molecule has 0 aliphatic carbocycles. The van der Waals surface area contributed by atoms with Crippen molar-refractivity contribution < 1.29 is 33.0 Å². The van der Waals surface area contributed by atoms with Crippen molar-refractivity contribution >= 4 is 47.6 Å². The third-order valence-electron chi connectivity index (χ3n) is 5.67. The van der Waals surface area contributed by atoms with Crippen molar-refractivity contribution in [3.05, 3.63) is 63.6 Å². The monoisotopic (exact) mass is 588 g/mol. The van der Waals surface area contributed by atoms with Crippen molar-refractivity contribution in [3.8, 4) is 0 Å². The number of carbonyl (C=O) groups excluding carboxylic acids is 3. The van der Waals surface area contributed by atoms with Crippen molar-refractivity contribution in [3.63, 3.8) is 0 Å². The number of pyridine rings is 2. The van der Waals surface area contributed by atoms with Gasteiger partial charge in [-0.2, -0.15) is 0 Å². The van der Waals surface area contributed by atoms with E-state index in [9.17, 15) is 18.8 Å². The number of ether oxygens (including phenoxy) is 3. The highest BCUT2D eigenvalue weighted by Gasteiger charge is 2.31. The molecule has 3 aromatic rings. The summed E-state index contributed by atoms with van der Waals surface area (Å²) in [6.45, 7) is 11.8. The Bertz CT molecular complexity index is 1480.